The van der Waals surface area contributed by atoms with Gasteiger partial charge in [0.25, 0.3) is 11.8 Å². The number of hydrogen-bond acceptors (Lipinski definition) is 7. The van der Waals surface area contributed by atoms with Crippen LogP contribution in [-0.4, -0.2) is 53.2 Å². The van der Waals surface area contributed by atoms with E-state index in [1.54, 1.807) is 12.1 Å². The molecule has 9 nitrogen and oxygen atoms in total. The van der Waals surface area contributed by atoms with E-state index < -0.39 is 53.2 Å². The Morgan fingerprint density at radius 1 is 0.860 bits per heavy atom. The monoisotopic (exact) mass is 633 g/mol. The highest BCUT2D eigenvalue weighted by atomic mass is 35.5. The van der Waals surface area contributed by atoms with E-state index in [0.717, 1.165) is 12.1 Å². The molecule has 6 rings (SSSR count). The predicted molar refractivity (Wildman–Crippen MR) is 152 cm³/mol. The third kappa shape index (κ3) is 7.17. The van der Waals surface area contributed by atoms with Crippen LogP contribution < -0.4 is 20.1 Å². The molecule has 3 fully saturated rings. The minimum atomic E-state index is -0.923. The van der Waals surface area contributed by atoms with Gasteiger partial charge in [0.05, 0.1) is 21.1 Å². The van der Waals surface area contributed by atoms with E-state index in [4.69, 9.17) is 37.4 Å². The number of nitrogens with zero attached hydrogens (tertiary/aromatic N) is 1. The van der Waals surface area contributed by atoms with E-state index in [1.165, 1.54) is 36.7 Å². The average molecular weight is 634 g/mol. The van der Waals surface area contributed by atoms with E-state index in [2.05, 4.69) is 15.6 Å². The van der Waals surface area contributed by atoms with E-state index in [0.29, 0.717) is 25.7 Å². The molecule has 0 saturated heterocycles. The first-order chi connectivity index (χ1) is 20.6. The Balaban J connectivity index is 1.27. The van der Waals surface area contributed by atoms with Gasteiger partial charge in [0.15, 0.2) is 13.2 Å². The molecule has 0 unspecified atom stereocenters. The molecular weight excluding hydrogens is 607 g/mol. The van der Waals surface area contributed by atoms with Crippen LogP contribution in [0.25, 0.3) is 0 Å². The van der Waals surface area contributed by atoms with Gasteiger partial charge in [0, 0.05) is 36.5 Å². The van der Waals surface area contributed by atoms with Gasteiger partial charge in [-0.05, 0) is 62.1 Å². The maximum absolute atomic E-state index is 13.8. The number of halogens is 4. The van der Waals surface area contributed by atoms with Crippen molar-refractivity contribution in [1.29, 1.82) is 0 Å². The lowest BCUT2D eigenvalue weighted by atomic mass is 9.59. The van der Waals surface area contributed by atoms with Crippen LogP contribution in [0.3, 0.4) is 0 Å². The summed E-state index contributed by atoms with van der Waals surface area (Å²) in [7, 11) is 0. The van der Waals surface area contributed by atoms with Crippen molar-refractivity contribution in [2.45, 2.75) is 49.3 Å². The molecule has 1 heterocycles. The second kappa shape index (κ2) is 12.7. The number of hydrogen-bond donors (Lipinski definition) is 2. The van der Waals surface area contributed by atoms with Crippen LogP contribution in [0.4, 0.5) is 8.78 Å². The third-order valence-electron chi connectivity index (χ3n) is 7.75. The minimum absolute atomic E-state index is 0.0620. The van der Waals surface area contributed by atoms with Crippen LogP contribution in [0, 0.1) is 11.6 Å². The number of nitrogens with one attached hydrogen (secondary N) is 2. The molecule has 2 amide bonds. The Bertz CT molecular complexity index is 1520. The summed E-state index contributed by atoms with van der Waals surface area (Å²) < 4.78 is 44.4. The van der Waals surface area contributed by atoms with Crippen LogP contribution in [-0.2, 0) is 14.3 Å². The number of carbonyl (C=O) groups is 3. The number of rotatable bonds is 10. The lowest BCUT2D eigenvalue weighted by Crippen LogP contribution is -2.71. The fraction of sp³-hybridized carbons (Fsp3) is 0.333. The van der Waals surface area contributed by atoms with E-state index >= 15 is 0 Å². The van der Waals surface area contributed by atoms with Crippen LogP contribution in [0.2, 0.25) is 10.0 Å². The number of aromatic nitrogens is 1. The van der Waals surface area contributed by atoms with E-state index in [9.17, 15) is 23.2 Å². The van der Waals surface area contributed by atoms with Crippen molar-refractivity contribution in [1.82, 2.24) is 15.6 Å². The topological polar surface area (TPSA) is 116 Å². The molecule has 1 aromatic heterocycles. The van der Waals surface area contributed by atoms with Gasteiger partial charge < -0.3 is 24.8 Å². The number of amides is 2. The Morgan fingerprint density at radius 3 is 1.98 bits per heavy atom. The summed E-state index contributed by atoms with van der Waals surface area (Å²) in [5, 5.41) is 5.87. The molecule has 0 aliphatic heterocycles. The molecule has 13 heteroatoms. The molecule has 3 saturated carbocycles. The second-order valence-corrected chi connectivity index (χ2v) is 11.4. The van der Waals surface area contributed by atoms with Crippen molar-refractivity contribution in [2.24, 2.45) is 0 Å². The van der Waals surface area contributed by atoms with Crippen molar-refractivity contribution in [3.63, 3.8) is 0 Å². The highest BCUT2D eigenvalue weighted by molar-refractivity contribution is 6.31. The maximum Gasteiger partial charge on any atom is 0.340 e. The summed E-state index contributed by atoms with van der Waals surface area (Å²) in [4.78, 5) is 42.9. The third-order valence-corrected chi connectivity index (χ3v) is 8.37. The first kappa shape index (κ1) is 30.5. The van der Waals surface area contributed by atoms with Crippen molar-refractivity contribution in [3.8, 4) is 11.5 Å². The molecule has 1 atom stereocenters. The molecule has 3 aliphatic carbocycles. The molecule has 3 aromatic rings. The molecule has 43 heavy (non-hydrogen) atoms. The largest absolute Gasteiger partial charge is 0.484 e. The fourth-order valence-electron chi connectivity index (χ4n) is 5.54. The molecule has 2 aromatic carbocycles. The molecular formula is C30H27Cl2F2N3O6. The van der Waals surface area contributed by atoms with Gasteiger partial charge in [0.2, 0.25) is 0 Å². The first-order valence-corrected chi connectivity index (χ1v) is 14.2. The average Bonchev–Trinajstić information content (AvgIpc) is 2.99. The molecule has 2 bridgehead atoms. The quantitative estimate of drug-likeness (QED) is 0.301. The number of fused-ring (bicyclic) bond motifs is 3. The highest BCUT2D eigenvalue weighted by Gasteiger charge is 2.57. The number of carbonyl (C=O) groups excluding carboxylic acids is 3. The summed E-state index contributed by atoms with van der Waals surface area (Å²) in [6, 6.07) is 10.9. The first-order valence-electron chi connectivity index (χ1n) is 13.5. The summed E-state index contributed by atoms with van der Waals surface area (Å²) in [6.45, 7) is -0.774. The van der Waals surface area contributed by atoms with Gasteiger partial charge in [-0.1, -0.05) is 23.2 Å². The summed E-state index contributed by atoms with van der Waals surface area (Å²) in [6.07, 6.45) is 4.08. The van der Waals surface area contributed by atoms with Gasteiger partial charge in [0.1, 0.15) is 29.2 Å². The minimum Gasteiger partial charge on any atom is -0.484 e. The standard InChI is InChI=1S/C30H27Cl2F2N3O6/c31-21-5-3-19(12-23(21)33)41-16-26(38)36-29-7-9-30(10-8-29,25(14-29)43-28(40)18-2-1-11-35-15-18)37-27(39)17-42-20-4-6-22(32)24(34)13-20/h1-6,11-13,15,25H,7-10,14,16-17H2,(H,36,38)(H,37,39)/t25-,29?,30?/m1/s1. The Kier molecular flexibility index (Phi) is 9.03. The lowest BCUT2D eigenvalue weighted by Gasteiger charge is -2.57. The molecule has 0 radical (unpaired) electrons. The van der Waals surface area contributed by atoms with Gasteiger partial charge >= 0.3 is 5.97 Å². The van der Waals surface area contributed by atoms with Crippen LogP contribution in [0.5, 0.6) is 11.5 Å². The SMILES string of the molecule is O=C(COc1ccc(Cl)c(F)c1)NC12CCC(NC(=O)COc3ccc(Cl)c(F)c3)(CC1)[C@H](OC(=O)c1cccnc1)C2. The number of pyridine rings is 1. The summed E-state index contributed by atoms with van der Waals surface area (Å²) in [5.41, 5.74) is -1.41. The lowest BCUT2D eigenvalue weighted by molar-refractivity contribution is -0.137. The van der Waals surface area contributed by atoms with Crippen molar-refractivity contribution in [3.05, 3.63) is 88.2 Å². The van der Waals surface area contributed by atoms with Crippen molar-refractivity contribution in [2.75, 3.05) is 13.2 Å². The zero-order valence-electron chi connectivity index (χ0n) is 22.7. The van der Waals surface area contributed by atoms with Gasteiger partial charge in [-0.15, -0.1) is 0 Å². The van der Waals surface area contributed by atoms with E-state index in [1.807, 2.05) is 0 Å². The van der Waals surface area contributed by atoms with Gasteiger partial charge in [-0.2, -0.15) is 0 Å². The summed E-state index contributed by atoms with van der Waals surface area (Å²) >= 11 is 11.4. The Morgan fingerprint density at radius 2 is 1.44 bits per heavy atom. The normalized spacial score (nSPS) is 22.4. The van der Waals surface area contributed by atoms with Gasteiger partial charge in [-0.3, -0.25) is 14.6 Å². The molecule has 226 valence electrons. The molecule has 0 spiro atoms. The highest BCUT2D eigenvalue weighted by Crippen LogP contribution is 2.48. The van der Waals surface area contributed by atoms with Gasteiger partial charge in [-0.25, -0.2) is 13.6 Å². The van der Waals surface area contributed by atoms with Crippen LogP contribution >= 0.6 is 23.2 Å². The Labute approximate surface area is 255 Å². The van der Waals surface area contributed by atoms with E-state index in [-0.39, 0.29) is 40.1 Å². The van der Waals surface area contributed by atoms with Crippen molar-refractivity contribution < 1.29 is 37.4 Å². The molecule has 2 N–H and O–H groups in total. The van der Waals surface area contributed by atoms with Crippen LogP contribution in [0.15, 0.2) is 60.9 Å². The number of benzene rings is 2. The second-order valence-electron chi connectivity index (χ2n) is 10.6. The summed E-state index contributed by atoms with van der Waals surface area (Å²) in [5.74, 6) is -2.61. The smallest absolute Gasteiger partial charge is 0.340 e. The maximum atomic E-state index is 13.8. The predicted octanol–water partition coefficient (Wildman–Crippen LogP) is 5.04. The Hall–Kier alpha value is -3.96. The molecule has 3 aliphatic rings. The number of ether oxygens (including phenoxy) is 3. The zero-order chi connectivity index (χ0) is 30.6. The van der Waals surface area contributed by atoms with Crippen LogP contribution in [0.1, 0.15) is 42.5 Å². The van der Waals surface area contributed by atoms with Crippen molar-refractivity contribution >= 4 is 41.0 Å². The zero-order valence-corrected chi connectivity index (χ0v) is 24.2. The number of esters is 1. The fourth-order valence-corrected chi connectivity index (χ4v) is 5.78.